The van der Waals surface area contributed by atoms with Crippen molar-refractivity contribution in [2.24, 2.45) is 0 Å². The van der Waals surface area contributed by atoms with Gasteiger partial charge in [0.15, 0.2) is 5.13 Å². The molecule has 0 spiro atoms. The van der Waals surface area contributed by atoms with Gasteiger partial charge in [0.2, 0.25) is 5.91 Å². The average molecular weight is 369 g/mol. The lowest BCUT2D eigenvalue weighted by atomic mass is 10.1. The zero-order valence-corrected chi connectivity index (χ0v) is 14.8. The van der Waals surface area contributed by atoms with E-state index in [1.54, 1.807) is 0 Å². The number of carbonyl (C=O) groups excluding carboxylic acids is 2. The van der Waals surface area contributed by atoms with Crippen molar-refractivity contribution in [1.29, 1.82) is 0 Å². The van der Waals surface area contributed by atoms with Gasteiger partial charge in [0.25, 0.3) is 5.91 Å². The number of hydrogen-bond donors (Lipinski definition) is 2. The summed E-state index contributed by atoms with van der Waals surface area (Å²) < 4.78 is 12.9. The van der Waals surface area contributed by atoms with Crippen molar-refractivity contribution in [2.45, 2.75) is 13.5 Å². The Morgan fingerprint density at radius 3 is 2.42 bits per heavy atom. The maximum Gasteiger partial charge on any atom is 0.257 e. The van der Waals surface area contributed by atoms with E-state index in [4.69, 9.17) is 0 Å². The molecule has 3 aromatic rings. The number of benzene rings is 2. The van der Waals surface area contributed by atoms with Crippen LogP contribution in [0.3, 0.4) is 0 Å². The van der Waals surface area contributed by atoms with Crippen molar-refractivity contribution in [2.75, 3.05) is 5.32 Å². The van der Waals surface area contributed by atoms with Crippen LogP contribution in [0, 0.1) is 5.82 Å². The topological polar surface area (TPSA) is 71.1 Å². The van der Waals surface area contributed by atoms with Gasteiger partial charge >= 0.3 is 0 Å². The van der Waals surface area contributed by atoms with E-state index in [-0.39, 0.29) is 17.6 Å². The molecule has 2 N–H and O–H groups in total. The van der Waals surface area contributed by atoms with Crippen molar-refractivity contribution in [3.8, 4) is 11.3 Å². The van der Waals surface area contributed by atoms with Gasteiger partial charge in [-0.25, -0.2) is 9.37 Å². The Hall–Kier alpha value is -3.06. The number of nitrogens with one attached hydrogen (secondary N) is 2. The van der Waals surface area contributed by atoms with Crippen molar-refractivity contribution in [1.82, 2.24) is 10.3 Å². The number of rotatable bonds is 5. The lowest BCUT2D eigenvalue weighted by Gasteiger charge is -2.03. The first kappa shape index (κ1) is 17.8. The second kappa shape index (κ2) is 7.88. The Kier molecular flexibility index (Phi) is 5.38. The number of amides is 2. The molecule has 3 rings (SSSR count). The minimum absolute atomic E-state index is 0.0740. The maximum absolute atomic E-state index is 12.9. The van der Waals surface area contributed by atoms with Crippen LogP contribution in [-0.4, -0.2) is 16.8 Å². The van der Waals surface area contributed by atoms with Crippen LogP contribution in [-0.2, 0) is 11.3 Å². The van der Waals surface area contributed by atoms with Crippen LogP contribution in [0.15, 0.2) is 53.9 Å². The van der Waals surface area contributed by atoms with Crippen molar-refractivity contribution >= 4 is 28.3 Å². The molecule has 0 atom stereocenters. The van der Waals surface area contributed by atoms with E-state index in [1.807, 2.05) is 29.6 Å². The van der Waals surface area contributed by atoms with Gasteiger partial charge in [0.05, 0.1) is 5.69 Å². The van der Waals surface area contributed by atoms with Gasteiger partial charge in [-0.2, -0.15) is 0 Å². The van der Waals surface area contributed by atoms with E-state index in [0.717, 1.165) is 16.8 Å². The molecular weight excluding hydrogens is 353 g/mol. The molecule has 1 aromatic heterocycles. The third-order valence-electron chi connectivity index (χ3n) is 3.62. The number of hydrogen-bond acceptors (Lipinski definition) is 4. The summed E-state index contributed by atoms with van der Waals surface area (Å²) in [7, 11) is 0. The quantitative estimate of drug-likeness (QED) is 0.718. The fourth-order valence-electron chi connectivity index (χ4n) is 2.25. The molecule has 0 fully saturated rings. The fraction of sp³-hybridized carbons (Fsp3) is 0.105. The predicted molar refractivity (Wildman–Crippen MR) is 99.4 cm³/mol. The van der Waals surface area contributed by atoms with Gasteiger partial charge in [0, 0.05) is 30.0 Å². The van der Waals surface area contributed by atoms with Crippen molar-refractivity contribution in [3.05, 3.63) is 70.9 Å². The minimum Gasteiger partial charge on any atom is -0.352 e. The lowest BCUT2D eigenvalue weighted by molar-refractivity contribution is -0.119. The summed E-state index contributed by atoms with van der Waals surface area (Å²) in [6.07, 6.45) is 0. The summed E-state index contributed by atoms with van der Waals surface area (Å²) in [6.45, 7) is 1.96. The molecule has 0 saturated carbocycles. The highest BCUT2D eigenvalue weighted by Gasteiger charge is 2.10. The normalized spacial score (nSPS) is 10.4. The molecule has 26 heavy (non-hydrogen) atoms. The summed E-state index contributed by atoms with van der Waals surface area (Å²) in [6, 6.07) is 13.0. The highest BCUT2D eigenvalue weighted by molar-refractivity contribution is 7.14. The molecule has 0 aliphatic rings. The second-order valence-electron chi connectivity index (χ2n) is 5.61. The summed E-state index contributed by atoms with van der Waals surface area (Å²) in [5.74, 6) is -0.799. The Balaban J connectivity index is 1.66. The molecule has 0 unspecified atom stereocenters. The number of anilines is 1. The van der Waals surface area contributed by atoms with Gasteiger partial charge < -0.3 is 5.32 Å². The Morgan fingerprint density at radius 2 is 1.77 bits per heavy atom. The molecule has 0 radical (unpaired) electrons. The molecule has 2 aromatic carbocycles. The van der Waals surface area contributed by atoms with Crippen LogP contribution < -0.4 is 10.6 Å². The van der Waals surface area contributed by atoms with E-state index in [2.05, 4.69) is 15.6 Å². The van der Waals surface area contributed by atoms with Gasteiger partial charge in [0.1, 0.15) is 5.82 Å². The summed E-state index contributed by atoms with van der Waals surface area (Å²) >= 11 is 1.31. The third kappa shape index (κ3) is 4.52. The van der Waals surface area contributed by atoms with Gasteiger partial charge in [-0.05, 0) is 29.8 Å². The number of aromatic nitrogens is 1. The summed E-state index contributed by atoms with van der Waals surface area (Å²) in [5, 5.41) is 7.77. The van der Waals surface area contributed by atoms with E-state index < -0.39 is 0 Å². The van der Waals surface area contributed by atoms with Crippen LogP contribution in [0.4, 0.5) is 9.52 Å². The van der Waals surface area contributed by atoms with Gasteiger partial charge in [-0.3, -0.25) is 14.9 Å². The highest BCUT2D eigenvalue weighted by Crippen LogP contribution is 2.25. The number of nitrogens with zero attached hydrogens (tertiary/aromatic N) is 1. The molecule has 132 valence electrons. The fourth-order valence-corrected chi connectivity index (χ4v) is 2.97. The molecule has 1 heterocycles. The first-order valence-electron chi connectivity index (χ1n) is 7.87. The van der Waals surface area contributed by atoms with E-state index >= 15 is 0 Å². The minimum atomic E-state index is -0.389. The zero-order valence-electron chi connectivity index (χ0n) is 14.0. The van der Waals surface area contributed by atoms with Crippen LogP contribution in [0.2, 0.25) is 0 Å². The molecule has 0 bridgehead atoms. The van der Waals surface area contributed by atoms with Crippen molar-refractivity contribution in [3.63, 3.8) is 0 Å². The maximum atomic E-state index is 12.9. The molecular formula is C19H16FN3O2S. The average Bonchev–Trinajstić information content (AvgIpc) is 3.09. The SMILES string of the molecule is CC(=O)NCc1ccc(-c2csc(NC(=O)c3ccc(F)cc3)n2)cc1. The van der Waals surface area contributed by atoms with Crippen molar-refractivity contribution < 1.29 is 14.0 Å². The second-order valence-corrected chi connectivity index (χ2v) is 6.46. The van der Waals surface area contributed by atoms with Crippen LogP contribution >= 0.6 is 11.3 Å². The number of carbonyl (C=O) groups is 2. The molecule has 0 aliphatic carbocycles. The molecule has 5 nitrogen and oxygen atoms in total. The highest BCUT2D eigenvalue weighted by atomic mass is 32.1. The van der Waals surface area contributed by atoms with E-state index in [1.165, 1.54) is 42.5 Å². The van der Waals surface area contributed by atoms with Crippen LogP contribution in [0.5, 0.6) is 0 Å². The van der Waals surface area contributed by atoms with Crippen LogP contribution in [0.1, 0.15) is 22.8 Å². The summed E-state index contributed by atoms with van der Waals surface area (Å²) in [5.41, 5.74) is 3.01. The Labute approximate surface area is 153 Å². The van der Waals surface area contributed by atoms with E-state index in [0.29, 0.717) is 17.2 Å². The largest absolute Gasteiger partial charge is 0.352 e. The first-order chi connectivity index (χ1) is 12.5. The van der Waals surface area contributed by atoms with Crippen LogP contribution in [0.25, 0.3) is 11.3 Å². The molecule has 7 heteroatoms. The van der Waals surface area contributed by atoms with Gasteiger partial charge in [-0.1, -0.05) is 24.3 Å². The summed E-state index contributed by atoms with van der Waals surface area (Å²) in [4.78, 5) is 27.5. The number of halogens is 1. The Bertz CT molecular complexity index is 921. The predicted octanol–water partition coefficient (Wildman–Crippen LogP) is 3.84. The van der Waals surface area contributed by atoms with E-state index in [9.17, 15) is 14.0 Å². The smallest absolute Gasteiger partial charge is 0.257 e. The molecule has 2 amide bonds. The van der Waals surface area contributed by atoms with Gasteiger partial charge in [-0.15, -0.1) is 11.3 Å². The molecule has 0 aliphatic heterocycles. The molecule has 0 saturated heterocycles. The zero-order chi connectivity index (χ0) is 18.5. The third-order valence-corrected chi connectivity index (χ3v) is 4.38. The first-order valence-corrected chi connectivity index (χ1v) is 8.75. The monoisotopic (exact) mass is 369 g/mol. The lowest BCUT2D eigenvalue weighted by Crippen LogP contribution is -2.18. The Morgan fingerprint density at radius 1 is 1.08 bits per heavy atom. The standard InChI is InChI=1S/C19H16FN3O2S/c1-12(24)21-10-13-2-4-14(5-3-13)17-11-26-19(22-17)23-18(25)15-6-8-16(20)9-7-15/h2-9,11H,10H2,1H3,(H,21,24)(H,22,23,25). The number of thiazole rings is 1.